The van der Waals surface area contributed by atoms with Gasteiger partial charge in [-0.15, -0.1) is 0 Å². The highest BCUT2D eigenvalue weighted by atomic mass is 15.1. The topological polar surface area (TPSA) is 3.24 Å². The Labute approximate surface area is 224 Å². The lowest BCUT2D eigenvalue weighted by molar-refractivity contribution is 0.666. The zero-order chi connectivity index (χ0) is 25.7. The van der Waals surface area contributed by atoms with Gasteiger partial charge in [0.05, 0.1) is 0 Å². The van der Waals surface area contributed by atoms with Gasteiger partial charge in [0.25, 0.3) is 0 Å². The highest BCUT2D eigenvalue weighted by Crippen LogP contribution is 2.52. The van der Waals surface area contributed by atoms with Crippen LogP contribution in [0.5, 0.6) is 0 Å². The fraction of sp³-hybridized carbons (Fsp3) is 0.0811. The largest absolute Gasteiger partial charge is 0.310 e. The summed E-state index contributed by atoms with van der Waals surface area (Å²) in [4.78, 5) is 2.36. The number of fused-ring (bicyclic) bond motifs is 5. The number of nitrogens with zero attached hydrogens (tertiary/aromatic N) is 1. The second-order valence-corrected chi connectivity index (χ2v) is 10.6. The molecule has 0 saturated heterocycles. The van der Waals surface area contributed by atoms with Gasteiger partial charge >= 0.3 is 0 Å². The van der Waals surface area contributed by atoms with Gasteiger partial charge in [0.2, 0.25) is 0 Å². The Morgan fingerprint density at radius 2 is 1.08 bits per heavy atom. The van der Waals surface area contributed by atoms with E-state index in [9.17, 15) is 0 Å². The molecule has 0 N–H and O–H groups in total. The Bertz CT molecular complexity index is 1760. The Morgan fingerprint density at radius 3 is 1.84 bits per heavy atom. The number of hydrogen-bond donors (Lipinski definition) is 0. The second kappa shape index (κ2) is 8.75. The van der Waals surface area contributed by atoms with E-state index in [-0.39, 0.29) is 5.41 Å². The molecule has 0 unspecified atom stereocenters. The first kappa shape index (κ1) is 22.6. The molecule has 0 amide bonds. The lowest BCUT2D eigenvalue weighted by atomic mass is 9.80. The standard InChI is InChI=1S/C37H29N/c1-37(2)35-24-22-31(25-34(35)33-23-19-28-13-9-10-16-32(28)36(33)37)38(29-14-7-4-8-15-29)30-20-17-27(18-21-30)26-11-5-3-6-12-26/h3-25H,1-2H3. The van der Waals surface area contributed by atoms with Crippen LogP contribution in [0.15, 0.2) is 140 Å². The summed E-state index contributed by atoms with van der Waals surface area (Å²) in [6, 6.07) is 50.5. The summed E-state index contributed by atoms with van der Waals surface area (Å²) in [5, 5.41) is 2.65. The van der Waals surface area contributed by atoms with E-state index in [2.05, 4.69) is 158 Å². The van der Waals surface area contributed by atoms with Crippen molar-refractivity contribution in [3.05, 3.63) is 151 Å². The first-order valence-electron chi connectivity index (χ1n) is 13.3. The maximum Gasteiger partial charge on any atom is 0.0468 e. The van der Waals surface area contributed by atoms with Crippen LogP contribution in [0.4, 0.5) is 17.1 Å². The van der Waals surface area contributed by atoms with Crippen molar-refractivity contribution in [2.24, 2.45) is 0 Å². The van der Waals surface area contributed by atoms with Crippen LogP contribution in [-0.2, 0) is 5.41 Å². The summed E-state index contributed by atoms with van der Waals surface area (Å²) in [7, 11) is 0. The van der Waals surface area contributed by atoms with Crippen LogP contribution in [0.2, 0.25) is 0 Å². The smallest absolute Gasteiger partial charge is 0.0468 e. The molecular weight excluding hydrogens is 458 g/mol. The average molecular weight is 488 g/mol. The summed E-state index contributed by atoms with van der Waals surface area (Å²) in [6.45, 7) is 4.72. The van der Waals surface area contributed by atoms with Gasteiger partial charge in [-0.1, -0.05) is 117 Å². The molecule has 1 nitrogen and oxygen atoms in total. The van der Waals surface area contributed by atoms with E-state index in [1.54, 1.807) is 0 Å². The van der Waals surface area contributed by atoms with Crippen molar-refractivity contribution in [3.63, 3.8) is 0 Å². The third kappa shape index (κ3) is 3.55. The zero-order valence-electron chi connectivity index (χ0n) is 21.7. The van der Waals surface area contributed by atoms with E-state index in [0.717, 1.165) is 11.4 Å². The first-order valence-corrected chi connectivity index (χ1v) is 13.3. The molecule has 0 fully saturated rings. The maximum atomic E-state index is 2.38. The lowest BCUT2D eigenvalue weighted by Crippen LogP contribution is -2.16. The van der Waals surface area contributed by atoms with Crippen molar-refractivity contribution in [1.29, 1.82) is 0 Å². The van der Waals surface area contributed by atoms with Crippen LogP contribution < -0.4 is 4.90 Å². The number of anilines is 3. The van der Waals surface area contributed by atoms with E-state index >= 15 is 0 Å². The highest BCUT2D eigenvalue weighted by Gasteiger charge is 2.37. The summed E-state index contributed by atoms with van der Waals surface area (Å²) in [5.74, 6) is 0. The van der Waals surface area contributed by atoms with E-state index in [4.69, 9.17) is 0 Å². The first-order chi connectivity index (χ1) is 18.6. The van der Waals surface area contributed by atoms with Gasteiger partial charge in [0.15, 0.2) is 0 Å². The number of para-hydroxylation sites is 1. The van der Waals surface area contributed by atoms with E-state index < -0.39 is 0 Å². The van der Waals surface area contributed by atoms with Crippen LogP contribution in [0, 0.1) is 0 Å². The predicted octanol–water partition coefficient (Wildman–Crippen LogP) is 10.3. The van der Waals surface area contributed by atoms with Gasteiger partial charge in [0, 0.05) is 22.5 Å². The molecule has 0 spiro atoms. The van der Waals surface area contributed by atoms with Gasteiger partial charge in [-0.25, -0.2) is 0 Å². The number of hydrogen-bond acceptors (Lipinski definition) is 1. The van der Waals surface area contributed by atoms with Gasteiger partial charge in [0.1, 0.15) is 0 Å². The fourth-order valence-corrected chi connectivity index (χ4v) is 6.20. The van der Waals surface area contributed by atoms with Crippen molar-refractivity contribution in [2.75, 3.05) is 4.90 Å². The van der Waals surface area contributed by atoms with Gasteiger partial charge in [-0.05, 0) is 80.6 Å². The molecule has 0 atom stereocenters. The minimum absolute atomic E-state index is 0.0566. The molecule has 38 heavy (non-hydrogen) atoms. The van der Waals surface area contributed by atoms with Crippen LogP contribution in [0.1, 0.15) is 25.0 Å². The number of rotatable bonds is 4. The SMILES string of the molecule is CC1(C)c2ccc(N(c3ccccc3)c3ccc(-c4ccccc4)cc3)cc2-c2ccc3ccccc3c21. The van der Waals surface area contributed by atoms with Gasteiger partial charge in [-0.3, -0.25) is 0 Å². The van der Waals surface area contributed by atoms with E-state index in [1.165, 1.54) is 49.8 Å². The molecule has 0 heterocycles. The molecule has 0 aliphatic heterocycles. The minimum Gasteiger partial charge on any atom is -0.310 e. The molecule has 0 radical (unpaired) electrons. The Hall–Kier alpha value is -4.62. The van der Waals surface area contributed by atoms with Crippen molar-refractivity contribution >= 4 is 27.8 Å². The number of benzene rings is 6. The summed E-state index contributed by atoms with van der Waals surface area (Å²) in [6.07, 6.45) is 0. The summed E-state index contributed by atoms with van der Waals surface area (Å²) in [5.41, 5.74) is 11.3. The van der Waals surface area contributed by atoms with Crippen LogP contribution in [-0.4, -0.2) is 0 Å². The third-order valence-corrected chi connectivity index (χ3v) is 8.03. The molecule has 6 aromatic rings. The van der Waals surface area contributed by atoms with Crippen LogP contribution >= 0.6 is 0 Å². The molecule has 1 heteroatoms. The Balaban J connectivity index is 1.38. The second-order valence-electron chi connectivity index (χ2n) is 10.6. The quantitative estimate of drug-likeness (QED) is 0.239. The van der Waals surface area contributed by atoms with Crippen molar-refractivity contribution in [3.8, 4) is 22.3 Å². The van der Waals surface area contributed by atoms with Crippen molar-refractivity contribution in [2.45, 2.75) is 19.3 Å². The third-order valence-electron chi connectivity index (χ3n) is 8.03. The fourth-order valence-electron chi connectivity index (χ4n) is 6.20. The van der Waals surface area contributed by atoms with E-state index in [1.807, 2.05) is 0 Å². The van der Waals surface area contributed by atoms with Crippen LogP contribution in [0.3, 0.4) is 0 Å². The molecule has 0 bridgehead atoms. The molecule has 182 valence electrons. The Morgan fingerprint density at radius 1 is 0.474 bits per heavy atom. The molecule has 1 aliphatic carbocycles. The van der Waals surface area contributed by atoms with Gasteiger partial charge in [-0.2, -0.15) is 0 Å². The highest BCUT2D eigenvalue weighted by molar-refractivity contribution is 5.98. The van der Waals surface area contributed by atoms with Crippen LogP contribution in [0.25, 0.3) is 33.0 Å². The predicted molar refractivity (Wildman–Crippen MR) is 162 cm³/mol. The monoisotopic (exact) mass is 487 g/mol. The molecule has 6 aromatic carbocycles. The molecular formula is C37H29N. The zero-order valence-corrected chi connectivity index (χ0v) is 21.7. The maximum absolute atomic E-state index is 2.38. The Kier molecular flexibility index (Phi) is 5.19. The van der Waals surface area contributed by atoms with Crippen molar-refractivity contribution < 1.29 is 0 Å². The normalized spacial score (nSPS) is 13.2. The van der Waals surface area contributed by atoms with Gasteiger partial charge < -0.3 is 4.90 Å². The molecule has 0 aromatic heterocycles. The lowest BCUT2D eigenvalue weighted by Gasteiger charge is -2.27. The van der Waals surface area contributed by atoms with E-state index in [0.29, 0.717) is 0 Å². The molecule has 7 rings (SSSR count). The average Bonchev–Trinajstić information content (AvgIpc) is 3.21. The molecule has 1 aliphatic rings. The summed E-state index contributed by atoms with van der Waals surface area (Å²) < 4.78 is 0. The summed E-state index contributed by atoms with van der Waals surface area (Å²) >= 11 is 0. The van der Waals surface area contributed by atoms with Crippen molar-refractivity contribution in [1.82, 2.24) is 0 Å². The minimum atomic E-state index is -0.0566. The molecule has 0 saturated carbocycles.